The number of nitrogens with zero attached hydrogens (tertiary/aromatic N) is 1. The van der Waals surface area contributed by atoms with Crippen LogP contribution in [0.4, 0.5) is 0 Å². The van der Waals surface area contributed by atoms with Crippen molar-refractivity contribution >= 4 is 7.12 Å². The third kappa shape index (κ3) is 4.80. The molecule has 2 aromatic rings. The van der Waals surface area contributed by atoms with Crippen LogP contribution in [0, 0.1) is 0 Å². The Hall–Kier alpha value is -2.09. The van der Waals surface area contributed by atoms with Gasteiger partial charge in [0, 0.05) is 30.5 Å². The van der Waals surface area contributed by atoms with E-state index in [0.29, 0.717) is 30.8 Å². The lowest BCUT2D eigenvalue weighted by molar-refractivity contribution is 0.00777. The van der Waals surface area contributed by atoms with Crippen LogP contribution < -0.4 is 9.47 Å². The quantitative estimate of drug-likeness (QED) is 0.729. The molecular weight excluding hydrogens is 345 g/mol. The van der Waals surface area contributed by atoms with Gasteiger partial charge in [-0.05, 0) is 49.0 Å². The van der Waals surface area contributed by atoms with E-state index < -0.39 is 12.7 Å². The van der Waals surface area contributed by atoms with Crippen LogP contribution in [0.3, 0.4) is 0 Å². The van der Waals surface area contributed by atoms with Gasteiger partial charge in [-0.25, -0.2) is 0 Å². The van der Waals surface area contributed by atoms with E-state index in [2.05, 4.69) is 11.1 Å². The molecule has 2 N–H and O–H groups in total. The van der Waals surface area contributed by atoms with Crippen LogP contribution in [-0.2, 0) is 4.65 Å². The van der Waals surface area contributed by atoms with E-state index in [9.17, 15) is 10.1 Å². The van der Waals surface area contributed by atoms with Gasteiger partial charge in [0.25, 0.3) is 0 Å². The van der Waals surface area contributed by atoms with Crippen molar-refractivity contribution in [3.63, 3.8) is 0 Å². The van der Waals surface area contributed by atoms with E-state index in [-0.39, 0.29) is 12.5 Å². The van der Waals surface area contributed by atoms with Gasteiger partial charge in [-0.2, -0.15) is 0 Å². The lowest BCUT2D eigenvalue weighted by Crippen LogP contribution is -2.31. The smallest absolute Gasteiger partial charge is 0.454 e. The van der Waals surface area contributed by atoms with Crippen LogP contribution in [0.2, 0.25) is 6.32 Å². The van der Waals surface area contributed by atoms with Gasteiger partial charge in [-0.15, -0.1) is 0 Å². The molecule has 1 aromatic carbocycles. The van der Waals surface area contributed by atoms with Crippen molar-refractivity contribution in [2.24, 2.45) is 0 Å². The molecule has 0 amide bonds. The first kappa shape index (κ1) is 19.7. The molecule has 2 heterocycles. The molecule has 0 bridgehead atoms. The third-order valence-electron chi connectivity index (χ3n) is 5.00. The number of aliphatic hydroxyl groups is 1. The van der Waals surface area contributed by atoms with Gasteiger partial charge in [-0.3, -0.25) is 4.98 Å². The number of aromatic nitrogens is 1. The van der Waals surface area contributed by atoms with Crippen LogP contribution in [-0.4, -0.2) is 48.2 Å². The molecule has 1 aliphatic rings. The molecule has 0 radical (unpaired) electrons. The van der Waals surface area contributed by atoms with Crippen molar-refractivity contribution in [3.8, 4) is 22.6 Å². The van der Waals surface area contributed by atoms with E-state index in [1.165, 1.54) is 0 Å². The molecule has 1 aliphatic heterocycles. The van der Waals surface area contributed by atoms with Crippen molar-refractivity contribution < 1.29 is 24.3 Å². The molecule has 0 saturated carbocycles. The number of pyridine rings is 1. The minimum Gasteiger partial charge on any atom is -0.493 e. The Morgan fingerprint density at radius 1 is 1.26 bits per heavy atom. The predicted molar refractivity (Wildman–Crippen MR) is 104 cm³/mol. The monoisotopic (exact) mass is 371 g/mol. The molecule has 7 heteroatoms. The second-order valence-electron chi connectivity index (χ2n) is 7.23. The molecule has 1 aromatic heterocycles. The average molecular weight is 371 g/mol. The zero-order valence-corrected chi connectivity index (χ0v) is 16.0. The zero-order valence-electron chi connectivity index (χ0n) is 16.0. The van der Waals surface area contributed by atoms with Crippen LogP contribution >= 0.6 is 0 Å². The first-order chi connectivity index (χ1) is 12.9. The van der Waals surface area contributed by atoms with Crippen LogP contribution in [0.1, 0.15) is 31.7 Å². The van der Waals surface area contributed by atoms with Crippen LogP contribution in [0.25, 0.3) is 11.1 Å². The number of hydrogen-bond donors (Lipinski definition) is 2. The summed E-state index contributed by atoms with van der Waals surface area (Å²) >= 11 is 0. The van der Waals surface area contributed by atoms with E-state index in [4.69, 9.17) is 14.1 Å². The van der Waals surface area contributed by atoms with E-state index in [1.54, 1.807) is 20.2 Å². The van der Waals surface area contributed by atoms with Gasteiger partial charge >= 0.3 is 7.12 Å². The lowest BCUT2D eigenvalue weighted by Gasteiger charge is -2.22. The lowest BCUT2D eigenvalue weighted by atomic mass is 9.80. The van der Waals surface area contributed by atoms with Gasteiger partial charge in [0.1, 0.15) is 6.61 Å². The molecule has 144 valence electrons. The summed E-state index contributed by atoms with van der Waals surface area (Å²) in [6, 6.07) is 7.75. The second-order valence-corrected chi connectivity index (χ2v) is 7.23. The average Bonchev–Trinajstić information content (AvgIpc) is 3.13. The maximum absolute atomic E-state index is 10.2. The standard InChI is InChI=1S/C20H26BNO5/c1-4-20(2,23)13-26-19-8-14(5-6-18(19)25-3)15-7-16(11-22-10-15)17-9-21(24)27-12-17/h5-8,10-11,17,23-24H,4,9,12-13H2,1-3H3/t17-,20?/m0/s1. The minimum absolute atomic E-state index is 0.140. The Kier molecular flexibility index (Phi) is 6.04. The summed E-state index contributed by atoms with van der Waals surface area (Å²) in [6.45, 7) is 4.33. The highest BCUT2D eigenvalue weighted by Gasteiger charge is 2.30. The third-order valence-corrected chi connectivity index (χ3v) is 5.00. The fourth-order valence-corrected chi connectivity index (χ4v) is 2.98. The summed E-state index contributed by atoms with van der Waals surface area (Å²) in [6.07, 6.45) is 4.78. The Balaban J connectivity index is 1.85. The molecule has 0 spiro atoms. The fraction of sp³-hybridized carbons (Fsp3) is 0.450. The van der Waals surface area contributed by atoms with Crippen molar-refractivity contribution in [3.05, 3.63) is 42.2 Å². The van der Waals surface area contributed by atoms with Gasteiger partial charge < -0.3 is 24.3 Å². The topological polar surface area (TPSA) is 81.0 Å². The van der Waals surface area contributed by atoms with E-state index in [1.807, 2.05) is 31.3 Å². The highest BCUT2D eigenvalue weighted by molar-refractivity contribution is 6.43. The summed E-state index contributed by atoms with van der Waals surface area (Å²) in [5.74, 6) is 1.33. The van der Waals surface area contributed by atoms with Crippen molar-refractivity contribution in [1.29, 1.82) is 0 Å². The maximum Gasteiger partial charge on any atom is 0.454 e. The second kappa shape index (κ2) is 8.29. The molecule has 1 saturated heterocycles. The molecule has 27 heavy (non-hydrogen) atoms. The molecule has 1 fully saturated rings. The SMILES string of the molecule is CCC(C)(O)COc1cc(-c2cncc([C@@H]3COB(O)C3)c2)ccc1OC. The highest BCUT2D eigenvalue weighted by atomic mass is 16.5. The molecule has 2 atom stereocenters. The molecule has 0 aliphatic carbocycles. The van der Waals surface area contributed by atoms with Crippen LogP contribution in [0.15, 0.2) is 36.7 Å². The number of rotatable bonds is 7. The summed E-state index contributed by atoms with van der Waals surface area (Å²) in [5.41, 5.74) is 2.03. The minimum atomic E-state index is -0.897. The Bertz CT molecular complexity index is 783. The Morgan fingerprint density at radius 3 is 2.74 bits per heavy atom. The Morgan fingerprint density at radius 2 is 2.07 bits per heavy atom. The number of ether oxygens (including phenoxy) is 2. The summed E-state index contributed by atoms with van der Waals surface area (Å²) < 4.78 is 16.5. The van der Waals surface area contributed by atoms with Gasteiger partial charge in [0.15, 0.2) is 11.5 Å². The zero-order chi connectivity index (χ0) is 19.4. The predicted octanol–water partition coefficient (Wildman–Crippen LogP) is 2.89. The number of methoxy groups -OCH3 is 1. The van der Waals surface area contributed by atoms with Crippen molar-refractivity contribution in [1.82, 2.24) is 4.98 Å². The molecule has 3 rings (SSSR count). The van der Waals surface area contributed by atoms with Crippen LogP contribution in [0.5, 0.6) is 11.5 Å². The van der Waals surface area contributed by atoms with Gasteiger partial charge in [0.2, 0.25) is 0 Å². The fourth-order valence-electron chi connectivity index (χ4n) is 2.98. The Labute approximate surface area is 160 Å². The summed E-state index contributed by atoms with van der Waals surface area (Å²) in [4.78, 5) is 4.35. The molecular formula is C20H26BNO5. The van der Waals surface area contributed by atoms with Gasteiger partial charge in [-0.1, -0.05) is 13.0 Å². The highest BCUT2D eigenvalue weighted by Crippen LogP contribution is 2.35. The number of hydrogen-bond acceptors (Lipinski definition) is 6. The first-order valence-electron chi connectivity index (χ1n) is 9.20. The first-order valence-corrected chi connectivity index (χ1v) is 9.20. The van der Waals surface area contributed by atoms with Crippen molar-refractivity contribution in [2.45, 2.75) is 38.1 Å². The summed E-state index contributed by atoms with van der Waals surface area (Å²) in [5, 5.41) is 19.8. The van der Waals surface area contributed by atoms with E-state index >= 15 is 0 Å². The van der Waals surface area contributed by atoms with E-state index in [0.717, 1.165) is 16.7 Å². The maximum atomic E-state index is 10.2. The normalized spacial score (nSPS) is 19.0. The van der Waals surface area contributed by atoms with Crippen molar-refractivity contribution in [2.75, 3.05) is 20.3 Å². The van der Waals surface area contributed by atoms with Gasteiger partial charge in [0.05, 0.1) is 12.7 Å². The summed E-state index contributed by atoms with van der Waals surface area (Å²) in [7, 11) is 0.888. The molecule has 1 unspecified atom stereocenters. The number of benzene rings is 1. The largest absolute Gasteiger partial charge is 0.493 e. The molecule has 6 nitrogen and oxygen atoms in total.